The molecule has 0 bridgehead atoms. The van der Waals surface area contributed by atoms with Gasteiger partial charge in [0.1, 0.15) is 6.10 Å². The number of nitrogens with zero attached hydrogens (tertiary/aromatic N) is 1. The third kappa shape index (κ3) is 3.46. The fourth-order valence-electron chi connectivity index (χ4n) is 2.94. The van der Waals surface area contributed by atoms with Crippen LogP contribution < -0.4 is 0 Å². The quantitative estimate of drug-likeness (QED) is 0.942. The summed E-state index contributed by atoms with van der Waals surface area (Å²) in [5, 5.41) is 9.09. The number of amides is 1. The first-order valence-electron chi connectivity index (χ1n) is 7.87. The van der Waals surface area contributed by atoms with Gasteiger partial charge in [-0.05, 0) is 30.7 Å². The van der Waals surface area contributed by atoms with Crippen LogP contribution in [0.5, 0.6) is 0 Å². The van der Waals surface area contributed by atoms with Gasteiger partial charge in [0, 0.05) is 12.1 Å². The Bertz CT molecular complexity index is 744. The molecule has 2 aromatic rings. The van der Waals surface area contributed by atoms with E-state index in [1.54, 1.807) is 17.0 Å². The molecule has 0 aliphatic carbocycles. The molecule has 0 saturated carbocycles. The average molecular weight is 325 g/mol. The minimum Gasteiger partial charge on any atom is -0.478 e. The smallest absolute Gasteiger partial charge is 0.335 e. The van der Waals surface area contributed by atoms with Crippen LogP contribution in [0, 0.1) is 0 Å². The lowest BCUT2D eigenvalue weighted by Crippen LogP contribution is -2.46. The van der Waals surface area contributed by atoms with Crippen LogP contribution in [0.1, 0.15) is 39.3 Å². The summed E-state index contributed by atoms with van der Waals surface area (Å²) in [7, 11) is 0. The summed E-state index contributed by atoms with van der Waals surface area (Å²) >= 11 is 0. The van der Waals surface area contributed by atoms with Crippen molar-refractivity contribution in [2.75, 3.05) is 13.1 Å². The molecule has 1 aliphatic heterocycles. The largest absolute Gasteiger partial charge is 0.478 e. The maximum atomic E-state index is 12.8. The zero-order valence-corrected chi connectivity index (χ0v) is 13.4. The van der Waals surface area contributed by atoms with Crippen molar-refractivity contribution in [2.45, 2.75) is 19.1 Å². The number of hydrogen-bond acceptors (Lipinski definition) is 3. The van der Waals surface area contributed by atoms with Crippen LogP contribution in [-0.2, 0) is 4.74 Å². The van der Waals surface area contributed by atoms with E-state index in [-0.39, 0.29) is 23.7 Å². The van der Waals surface area contributed by atoms with Crippen LogP contribution in [0.25, 0.3) is 0 Å². The highest BCUT2D eigenvalue weighted by molar-refractivity contribution is 5.97. The van der Waals surface area contributed by atoms with E-state index < -0.39 is 5.97 Å². The normalized spacial score (nSPS) is 20.6. The van der Waals surface area contributed by atoms with Crippen LogP contribution in [0.3, 0.4) is 0 Å². The minimum absolute atomic E-state index is 0.0874. The predicted molar refractivity (Wildman–Crippen MR) is 89.0 cm³/mol. The topological polar surface area (TPSA) is 66.8 Å². The Morgan fingerprint density at radius 3 is 2.46 bits per heavy atom. The molecular formula is C19H19NO4. The van der Waals surface area contributed by atoms with Crippen molar-refractivity contribution in [3.8, 4) is 0 Å². The molecule has 24 heavy (non-hydrogen) atoms. The van der Waals surface area contributed by atoms with Crippen molar-refractivity contribution in [2.24, 2.45) is 0 Å². The van der Waals surface area contributed by atoms with Gasteiger partial charge < -0.3 is 14.7 Å². The van der Waals surface area contributed by atoms with Crippen molar-refractivity contribution in [1.29, 1.82) is 0 Å². The summed E-state index contributed by atoms with van der Waals surface area (Å²) in [5.74, 6) is -1.21. The van der Waals surface area contributed by atoms with Gasteiger partial charge in [-0.3, -0.25) is 4.79 Å². The SMILES string of the molecule is C[C@@H]1CN(C(=O)c2cccc(C(=O)O)c2)C[C@H](c2ccccc2)O1. The second-order valence-corrected chi connectivity index (χ2v) is 5.94. The molecule has 1 heterocycles. The van der Waals surface area contributed by atoms with E-state index in [0.717, 1.165) is 5.56 Å². The lowest BCUT2D eigenvalue weighted by atomic mass is 10.0. The molecule has 0 radical (unpaired) electrons. The highest BCUT2D eigenvalue weighted by Gasteiger charge is 2.30. The number of morpholine rings is 1. The zero-order valence-electron chi connectivity index (χ0n) is 13.4. The van der Waals surface area contributed by atoms with E-state index in [4.69, 9.17) is 9.84 Å². The summed E-state index contributed by atoms with van der Waals surface area (Å²) in [6.07, 6.45) is -0.267. The van der Waals surface area contributed by atoms with Crippen molar-refractivity contribution >= 4 is 11.9 Å². The van der Waals surface area contributed by atoms with Crippen molar-refractivity contribution in [3.63, 3.8) is 0 Å². The first-order chi connectivity index (χ1) is 11.5. The Balaban J connectivity index is 1.81. The maximum Gasteiger partial charge on any atom is 0.335 e. The molecular weight excluding hydrogens is 306 g/mol. The molecule has 1 fully saturated rings. The number of rotatable bonds is 3. The standard InChI is InChI=1S/C19H19NO4/c1-13-11-20(12-17(24-13)14-6-3-2-4-7-14)18(21)15-8-5-9-16(10-15)19(22)23/h2-10,13,17H,11-12H2,1H3,(H,22,23)/t13-,17-/m1/s1. The molecule has 124 valence electrons. The van der Waals surface area contributed by atoms with E-state index in [1.165, 1.54) is 12.1 Å². The Kier molecular flexibility index (Phi) is 4.62. The van der Waals surface area contributed by atoms with Crippen LogP contribution in [0.15, 0.2) is 54.6 Å². The lowest BCUT2D eigenvalue weighted by molar-refractivity contribution is -0.0691. The second-order valence-electron chi connectivity index (χ2n) is 5.94. The number of carbonyl (C=O) groups is 2. The lowest BCUT2D eigenvalue weighted by Gasteiger charge is -2.37. The Morgan fingerprint density at radius 1 is 1.04 bits per heavy atom. The summed E-state index contributed by atoms with van der Waals surface area (Å²) in [6.45, 7) is 2.87. The summed E-state index contributed by atoms with van der Waals surface area (Å²) in [5.41, 5.74) is 1.53. The molecule has 3 rings (SSSR count). The van der Waals surface area contributed by atoms with Gasteiger partial charge in [-0.15, -0.1) is 0 Å². The fourth-order valence-corrected chi connectivity index (χ4v) is 2.94. The van der Waals surface area contributed by atoms with Crippen LogP contribution in [0.2, 0.25) is 0 Å². The summed E-state index contributed by atoms with van der Waals surface area (Å²) in [6, 6.07) is 15.9. The highest BCUT2D eigenvalue weighted by Crippen LogP contribution is 2.26. The third-order valence-electron chi connectivity index (χ3n) is 4.08. The molecule has 0 aromatic heterocycles. The molecule has 5 nitrogen and oxygen atoms in total. The van der Waals surface area contributed by atoms with E-state index >= 15 is 0 Å². The fraction of sp³-hybridized carbons (Fsp3) is 0.263. The van der Waals surface area contributed by atoms with E-state index in [2.05, 4.69) is 0 Å². The first-order valence-corrected chi connectivity index (χ1v) is 7.87. The highest BCUT2D eigenvalue weighted by atomic mass is 16.5. The predicted octanol–water partition coefficient (Wildman–Crippen LogP) is 2.99. The zero-order chi connectivity index (χ0) is 17.1. The van der Waals surface area contributed by atoms with E-state index in [0.29, 0.717) is 18.7 Å². The molecule has 0 spiro atoms. The molecule has 5 heteroatoms. The molecule has 1 aliphatic rings. The van der Waals surface area contributed by atoms with Gasteiger partial charge in [-0.2, -0.15) is 0 Å². The Labute approximate surface area is 140 Å². The van der Waals surface area contributed by atoms with Crippen molar-refractivity contribution < 1.29 is 19.4 Å². The number of hydrogen-bond donors (Lipinski definition) is 1. The summed E-state index contributed by atoms with van der Waals surface area (Å²) in [4.78, 5) is 25.6. The van der Waals surface area contributed by atoms with Crippen LogP contribution in [0.4, 0.5) is 0 Å². The van der Waals surface area contributed by atoms with Gasteiger partial charge in [0.05, 0.1) is 18.2 Å². The van der Waals surface area contributed by atoms with Gasteiger partial charge in [-0.1, -0.05) is 36.4 Å². The van der Waals surface area contributed by atoms with Gasteiger partial charge in [-0.25, -0.2) is 4.79 Å². The summed E-state index contributed by atoms with van der Waals surface area (Å²) < 4.78 is 5.96. The molecule has 1 amide bonds. The number of carbonyl (C=O) groups excluding carboxylic acids is 1. The van der Waals surface area contributed by atoms with Crippen molar-refractivity contribution in [1.82, 2.24) is 4.90 Å². The Hall–Kier alpha value is -2.66. The minimum atomic E-state index is -1.04. The molecule has 1 N–H and O–H groups in total. The Morgan fingerprint density at radius 2 is 1.75 bits per heavy atom. The monoisotopic (exact) mass is 325 g/mol. The third-order valence-corrected chi connectivity index (χ3v) is 4.08. The first kappa shape index (κ1) is 16.2. The second kappa shape index (κ2) is 6.84. The van der Waals surface area contributed by atoms with Crippen LogP contribution >= 0.6 is 0 Å². The van der Waals surface area contributed by atoms with Gasteiger partial charge >= 0.3 is 5.97 Å². The van der Waals surface area contributed by atoms with Gasteiger partial charge in [0.25, 0.3) is 5.91 Å². The molecule has 1 saturated heterocycles. The average Bonchev–Trinajstić information content (AvgIpc) is 2.61. The maximum absolute atomic E-state index is 12.8. The van der Waals surface area contributed by atoms with Gasteiger partial charge in [0.2, 0.25) is 0 Å². The van der Waals surface area contributed by atoms with Gasteiger partial charge in [0.15, 0.2) is 0 Å². The van der Waals surface area contributed by atoms with Crippen molar-refractivity contribution in [3.05, 3.63) is 71.3 Å². The van der Waals surface area contributed by atoms with Crippen LogP contribution in [-0.4, -0.2) is 41.1 Å². The molecule has 0 unspecified atom stereocenters. The molecule has 2 aromatic carbocycles. The number of carboxylic acid groups (broad SMARTS) is 1. The number of aromatic carboxylic acids is 1. The van der Waals surface area contributed by atoms with E-state index in [1.807, 2.05) is 37.3 Å². The van der Waals surface area contributed by atoms with E-state index in [9.17, 15) is 9.59 Å². The number of ether oxygens (including phenoxy) is 1. The number of carboxylic acids is 1. The number of benzene rings is 2. The molecule has 2 atom stereocenters.